The molecule has 2 aromatic heterocycles. The molecular weight excluding hydrogens is 262 g/mol. The zero-order valence-corrected chi connectivity index (χ0v) is 12.6. The van der Waals surface area contributed by atoms with Crippen LogP contribution in [-0.4, -0.2) is 26.4 Å². The quantitative estimate of drug-likeness (QED) is 0.936. The summed E-state index contributed by atoms with van der Waals surface area (Å²) in [5.41, 5.74) is 7.88. The largest absolute Gasteiger partial charge is 0.384 e. The van der Waals surface area contributed by atoms with E-state index in [4.69, 9.17) is 5.73 Å². The SMILES string of the molecule is Cc1cc(N)nc([C@]2(C)CCCN2Cc2cccnc2)n1. The summed E-state index contributed by atoms with van der Waals surface area (Å²) in [6, 6.07) is 5.90. The Balaban J connectivity index is 1.91. The lowest BCUT2D eigenvalue weighted by molar-refractivity contribution is 0.137. The highest BCUT2D eigenvalue weighted by molar-refractivity contribution is 5.31. The predicted octanol–water partition coefficient (Wildman–Crippen LogP) is 2.27. The maximum Gasteiger partial charge on any atom is 0.150 e. The van der Waals surface area contributed by atoms with Crippen molar-refractivity contribution in [1.29, 1.82) is 0 Å². The smallest absolute Gasteiger partial charge is 0.150 e. The Kier molecular flexibility index (Phi) is 3.59. The van der Waals surface area contributed by atoms with Crippen molar-refractivity contribution in [3.8, 4) is 0 Å². The summed E-state index contributed by atoms with van der Waals surface area (Å²) in [5.74, 6) is 1.38. The van der Waals surface area contributed by atoms with Gasteiger partial charge < -0.3 is 5.73 Å². The molecule has 0 radical (unpaired) electrons. The number of nitrogen functional groups attached to an aromatic ring is 1. The Morgan fingerprint density at radius 1 is 1.38 bits per heavy atom. The Hall–Kier alpha value is -2.01. The first kappa shape index (κ1) is 13.9. The molecule has 5 heteroatoms. The van der Waals surface area contributed by atoms with E-state index in [0.717, 1.165) is 37.4 Å². The van der Waals surface area contributed by atoms with Gasteiger partial charge in [0.25, 0.3) is 0 Å². The number of nitrogens with two attached hydrogens (primary N) is 1. The molecular formula is C16H21N5. The van der Waals surface area contributed by atoms with Crippen LogP contribution in [0.25, 0.3) is 0 Å². The molecule has 0 spiro atoms. The molecule has 3 rings (SSSR count). The molecule has 0 aromatic carbocycles. The van der Waals surface area contributed by atoms with Crippen LogP contribution in [0.5, 0.6) is 0 Å². The Morgan fingerprint density at radius 3 is 2.95 bits per heavy atom. The van der Waals surface area contributed by atoms with Gasteiger partial charge in [-0.2, -0.15) is 0 Å². The second kappa shape index (κ2) is 5.41. The van der Waals surface area contributed by atoms with Crippen LogP contribution in [0.15, 0.2) is 30.6 Å². The minimum Gasteiger partial charge on any atom is -0.384 e. The van der Waals surface area contributed by atoms with Crippen LogP contribution in [0.2, 0.25) is 0 Å². The summed E-state index contributed by atoms with van der Waals surface area (Å²) < 4.78 is 0. The summed E-state index contributed by atoms with van der Waals surface area (Å²) in [4.78, 5) is 15.7. The predicted molar refractivity (Wildman–Crippen MR) is 82.4 cm³/mol. The van der Waals surface area contributed by atoms with E-state index in [0.29, 0.717) is 5.82 Å². The van der Waals surface area contributed by atoms with Crippen molar-refractivity contribution in [3.05, 3.63) is 47.7 Å². The topological polar surface area (TPSA) is 67.9 Å². The van der Waals surface area contributed by atoms with Gasteiger partial charge in [-0.15, -0.1) is 0 Å². The van der Waals surface area contributed by atoms with Gasteiger partial charge in [0.15, 0.2) is 5.82 Å². The molecule has 1 fully saturated rings. The van der Waals surface area contributed by atoms with Crippen molar-refractivity contribution < 1.29 is 0 Å². The third-order valence-electron chi connectivity index (χ3n) is 4.24. The number of aryl methyl sites for hydroxylation is 1. The van der Waals surface area contributed by atoms with Crippen molar-refractivity contribution in [2.45, 2.75) is 38.8 Å². The number of likely N-dealkylation sites (tertiary alicyclic amines) is 1. The molecule has 2 N–H and O–H groups in total. The van der Waals surface area contributed by atoms with Crippen molar-refractivity contribution in [3.63, 3.8) is 0 Å². The van der Waals surface area contributed by atoms with Gasteiger partial charge in [-0.3, -0.25) is 9.88 Å². The first-order valence-corrected chi connectivity index (χ1v) is 7.33. The molecule has 0 amide bonds. The van der Waals surface area contributed by atoms with Gasteiger partial charge in [-0.1, -0.05) is 6.07 Å². The summed E-state index contributed by atoms with van der Waals surface area (Å²) in [6.45, 7) is 6.08. The third-order valence-corrected chi connectivity index (χ3v) is 4.24. The molecule has 0 bridgehead atoms. The third kappa shape index (κ3) is 2.74. The van der Waals surface area contributed by atoms with Gasteiger partial charge in [0.05, 0.1) is 5.54 Å². The molecule has 1 aliphatic heterocycles. The molecule has 1 aliphatic rings. The second-order valence-corrected chi connectivity index (χ2v) is 5.92. The Bertz CT molecular complexity index is 608. The molecule has 0 aliphatic carbocycles. The van der Waals surface area contributed by atoms with E-state index in [2.05, 4.69) is 32.8 Å². The summed E-state index contributed by atoms with van der Waals surface area (Å²) in [6.07, 6.45) is 5.92. The van der Waals surface area contributed by atoms with Crippen LogP contribution >= 0.6 is 0 Å². The minimum atomic E-state index is -0.157. The van der Waals surface area contributed by atoms with Crippen LogP contribution in [0.3, 0.4) is 0 Å². The lowest BCUT2D eigenvalue weighted by atomic mass is 9.97. The van der Waals surface area contributed by atoms with E-state index >= 15 is 0 Å². The number of anilines is 1. The van der Waals surface area contributed by atoms with E-state index in [1.54, 1.807) is 6.20 Å². The van der Waals surface area contributed by atoms with Gasteiger partial charge in [0.1, 0.15) is 5.82 Å². The first-order chi connectivity index (χ1) is 10.1. The number of aromatic nitrogens is 3. The Labute approximate surface area is 125 Å². The van der Waals surface area contributed by atoms with E-state index in [-0.39, 0.29) is 5.54 Å². The molecule has 1 atom stereocenters. The summed E-state index contributed by atoms with van der Waals surface area (Å²) in [5, 5.41) is 0. The van der Waals surface area contributed by atoms with Gasteiger partial charge in [0, 0.05) is 30.7 Å². The lowest BCUT2D eigenvalue weighted by Gasteiger charge is -2.34. The van der Waals surface area contributed by atoms with E-state index in [9.17, 15) is 0 Å². The fourth-order valence-electron chi connectivity index (χ4n) is 3.07. The number of hydrogen-bond acceptors (Lipinski definition) is 5. The highest BCUT2D eigenvalue weighted by Gasteiger charge is 2.40. The van der Waals surface area contributed by atoms with Crippen LogP contribution < -0.4 is 5.73 Å². The van der Waals surface area contributed by atoms with E-state index in [1.807, 2.05) is 25.3 Å². The first-order valence-electron chi connectivity index (χ1n) is 7.33. The molecule has 3 heterocycles. The standard InChI is InChI=1S/C16H21N5/c1-12-9-14(17)20-15(19-12)16(2)6-4-8-21(16)11-13-5-3-7-18-10-13/h3,5,7,9-10H,4,6,8,11H2,1-2H3,(H2,17,19,20)/t16-/m0/s1. The maximum absolute atomic E-state index is 5.90. The number of nitrogens with zero attached hydrogens (tertiary/aromatic N) is 4. The lowest BCUT2D eigenvalue weighted by Crippen LogP contribution is -2.39. The Morgan fingerprint density at radius 2 is 2.24 bits per heavy atom. The van der Waals surface area contributed by atoms with Gasteiger partial charge in [-0.05, 0) is 44.9 Å². The van der Waals surface area contributed by atoms with E-state index in [1.165, 1.54) is 5.56 Å². The molecule has 21 heavy (non-hydrogen) atoms. The van der Waals surface area contributed by atoms with Crippen LogP contribution in [0.4, 0.5) is 5.82 Å². The number of rotatable bonds is 3. The van der Waals surface area contributed by atoms with Crippen molar-refractivity contribution in [2.24, 2.45) is 0 Å². The van der Waals surface area contributed by atoms with Crippen molar-refractivity contribution >= 4 is 5.82 Å². The molecule has 0 unspecified atom stereocenters. The van der Waals surface area contributed by atoms with Crippen LogP contribution in [-0.2, 0) is 12.1 Å². The zero-order valence-electron chi connectivity index (χ0n) is 12.6. The maximum atomic E-state index is 5.90. The number of hydrogen-bond donors (Lipinski definition) is 1. The average molecular weight is 283 g/mol. The molecule has 5 nitrogen and oxygen atoms in total. The second-order valence-electron chi connectivity index (χ2n) is 5.92. The molecule has 1 saturated heterocycles. The fourth-order valence-corrected chi connectivity index (χ4v) is 3.07. The summed E-state index contributed by atoms with van der Waals surface area (Å²) >= 11 is 0. The fraction of sp³-hybridized carbons (Fsp3) is 0.438. The summed E-state index contributed by atoms with van der Waals surface area (Å²) in [7, 11) is 0. The van der Waals surface area contributed by atoms with Crippen molar-refractivity contribution in [2.75, 3.05) is 12.3 Å². The molecule has 0 saturated carbocycles. The van der Waals surface area contributed by atoms with Gasteiger partial charge >= 0.3 is 0 Å². The van der Waals surface area contributed by atoms with Gasteiger partial charge in [-0.25, -0.2) is 9.97 Å². The van der Waals surface area contributed by atoms with E-state index < -0.39 is 0 Å². The normalized spacial score (nSPS) is 22.6. The monoisotopic (exact) mass is 283 g/mol. The minimum absolute atomic E-state index is 0.157. The average Bonchev–Trinajstić information content (AvgIpc) is 2.82. The van der Waals surface area contributed by atoms with Crippen LogP contribution in [0, 0.1) is 6.92 Å². The molecule has 110 valence electrons. The van der Waals surface area contributed by atoms with Crippen LogP contribution in [0.1, 0.15) is 36.8 Å². The van der Waals surface area contributed by atoms with Crippen molar-refractivity contribution in [1.82, 2.24) is 19.9 Å². The number of pyridine rings is 1. The zero-order chi connectivity index (χ0) is 14.9. The highest BCUT2D eigenvalue weighted by atomic mass is 15.2. The highest BCUT2D eigenvalue weighted by Crippen LogP contribution is 2.37. The molecule has 2 aromatic rings. The van der Waals surface area contributed by atoms with Gasteiger partial charge in [0.2, 0.25) is 0 Å².